The summed E-state index contributed by atoms with van der Waals surface area (Å²) < 4.78 is 2.01. The number of nitrogens with zero attached hydrogens (tertiary/aromatic N) is 4. The summed E-state index contributed by atoms with van der Waals surface area (Å²) in [6.45, 7) is 6.81. The van der Waals surface area contributed by atoms with Gasteiger partial charge in [-0.05, 0) is 6.92 Å². The van der Waals surface area contributed by atoms with Crippen LogP contribution >= 0.6 is 23.1 Å². The minimum atomic E-state index is -0.851. The van der Waals surface area contributed by atoms with E-state index in [0.29, 0.717) is 11.7 Å². The number of thioether (sulfide) groups is 1. The summed E-state index contributed by atoms with van der Waals surface area (Å²) in [5, 5.41) is 20.9. The molecule has 8 heteroatoms. The number of carboxylic acid groups (broad SMARTS) is 1. The highest BCUT2D eigenvalue weighted by Gasteiger charge is 2.16. The van der Waals surface area contributed by atoms with Gasteiger partial charge in [-0.15, -0.1) is 21.5 Å². The van der Waals surface area contributed by atoms with Gasteiger partial charge in [0, 0.05) is 24.3 Å². The second kappa shape index (κ2) is 7.04. The number of aliphatic carboxylic acids is 1. The average molecular weight is 326 g/mol. The maximum absolute atomic E-state index is 10.7. The number of rotatable bonds is 7. The molecule has 114 valence electrons. The van der Waals surface area contributed by atoms with Gasteiger partial charge in [0.1, 0.15) is 5.82 Å². The Balaban J connectivity index is 2.13. The zero-order valence-corrected chi connectivity index (χ0v) is 13.9. The van der Waals surface area contributed by atoms with Crippen LogP contribution in [0.3, 0.4) is 0 Å². The van der Waals surface area contributed by atoms with Crippen molar-refractivity contribution in [3.63, 3.8) is 0 Å². The van der Waals surface area contributed by atoms with Crippen molar-refractivity contribution < 1.29 is 9.90 Å². The number of hydrogen-bond acceptors (Lipinski definition) is 6. The molecule has 2 rings (SSSR count). The van der Waals surface area contributed by atoms with Gasteiger partial charge >= 0.3 is 5.97 Å². The summed E-state index contributed by atoms with van der Waals surface area (Å²) in [6, 6.07) is 0. The lowest BCUT2D eigenvalue weighted by molar-refractivity contribution is -0.133. The van der Waals surface area contributed by atoms with E-state index in [0.717, 1.165) is 22.9 Å². The third kappa shape index (κ3) is 4.28. The maximum atomic E-state index is 10.7. The fourth-order valence-corrected chi connectivity index (χ4v) is 3.26. The van der Waals surface area contributed by atoms with Crippen LogP contribution < -0.4 is 0 Å². The summed E-state index contributed by atoms with van der Waals surface area (Å²) in [4.78, 5) is 15.2. The van der Waals surface area contributed by atoms with E-state index in [4.69, 9.17) is 5.11 Å². The number of carbonyl (C=O) groups is 1. The Hall–Kier alpha value is -1.41. The largest absolute Gasteiger partial charge is 0.481 e. The lowest BCUT2D eigenvalue weighted by atomic mass is 10.2. The van der Waals surface area contributed by atoms with Crippen molar-refractivity contribution in [3.8, 4) is 0 Å². The van der Waals surface area contributed by atoms with Crippen LogP contribution in [0, 0.1) is 6.92 Å². The van der Waals surface area contributed by atoms with Crippen LogP contribution in [0.25, 0.3) is 0 Å². The molecule has 0 spiro atoms. The van der Waals surface area contributed by atoms with E-state index in [2.05, 4.69) is 34.4 Å². The third-order valence-electron chi connectivity index (χ3n) is 2.84. The zero-order valence-electron chi connectivity index (χ0n) is 12.2. The molecule has 6 nitrogen and oxygen atoms in total. The molecule has 0 saturated heterocycles. The van der Waals surface area contributed by atoms with Gasteiger partial charge in [-0.2, -0.15) is 0 Å². The molecule has 0 radical (unpaired) electrons. The third-order valence-corrected chi connectivity index (χ3v) is 4.62. The molecule has 1 N–H and O–H groups in total. The van der Waals surface area contributed by atoms with E-state index >= 15 is 0 Å². The van der Waals surface area contributed by atoms with Crippen LogP contribution in [0.1, 0.15) is 36.3 Å². The van der Waals surface area contributed by atoms with Crippen LogP contribution in [0.5, 0.6) is 0 Å². The minimum Gasteiger partial charge on any atom is -0.481 e. The molecule has 0 aliphatic carbocycles. The van der Waals surface area contributed by atoms with E-state index in [1.807, 2.05) is 11.5 Å². The fraction of sp³-hybridized carbons (Fsp3) is 0.538. The van der Waals surface area contributed by atoms with Crippen molar-refractivity contribution in [1.82, 2.24) is 19.7 Å². The van der Waals surface area contributed by atoms with Gasteiger partial charge < -0.3 is 9.67 Å². The molecule has 0 aromatic carbocycles. The van der Waals surface area contributed by atoms with Crippen molar-refractivity contribution in [2.24, 2.45) is 0 Å². The highest BCUT2D eigenvalue weighted by molar-refractivity contribution is 7.99. The van der Waals surface area contributed by atoms with E-state index in [1.54, 1.807) is 11.3 Å². The molecule has 0 amide bonds. The second-order valence-electron chi connectivity index (χ2n) is 4.94. The predicted molar refractivity (Wildman–Crippen MR) is 83.0 cm³/mol. The number of thiazole rings is 1. The lowest BCUT2D eigenvalue weighted by Gasteiger charge is -2.10. The smallest absolute Gasteiger partial charge is 0.313 e. The average Bonchev–Trinajstić information content (AvgIpc) is 2.99. The Kier molecular flexibility index (Phi) is 5.35. The quantitative estimate of drug-likeness (QED) is 0.788. The summed E-state index contributed by atoms with van der Waals surface area (Å²) in [7, 11) is 0. The first kappa shape index (κ1) is 16.0. The zero-order chi connectivity index (χ0) is 15.4. The molecular weight excluding hydrogens is 308 g/mol. The Morgan fingerprint density at radius 1 is 1.48 bits per heavy atom. The molecule has 0 atom stereocenters. The first-order valence-corrected chi connectivity index (χ1v) is 8.52. The molecule has 2 aromatic heterocycles. The predicted octanol–water partition coefficient (Wildman–Crippen LogP) is 2.59. The number of aryl methyl sites for hydroxylation is 2. The van der Waals surface area contributed by atoms with Gasteiger partial charge in [-0.25, -0.2) is 4.98 Å². The van der Waals surface area contributed by atoms with Gasteiger partial charge in [-0.3, -0.25) is 4.79 Å². The highest BCUT2D eigenvalue weighted by atomic mass is 32.2. The van der Waals surface area contributed by atoms with Crippen molar-refractivity contribution in [2.45, 2.75) is 44.8 Å². The van der Waals surface area contributed by atoms with E-state index in [1.165, 1.54) is 11.8 Å². The van der Waals surface area contributed by atoms with Crippen molar-refractivity contribution in [3.05, 3.63) is 21.9 Å². The second-order valence-corrected chi connectivity index (χ2v) is 6.94. The summed E-state index contributed by atoms with van der Waals surface area (Å²) in [5.74, 6) is 0.269. The van der Waals surface area contributed by atoms with Crippen LogP contribution in [0.4, 0.5) is 0 Å². The first-order valence-electron chi connectivity index (χ1n) is 6.66. The molecular formula is C13H18N4O2S2. The van der Waals surface area contributed by atoms with Crippen molar-refractivity contribution in [2.75, 3.05) is 5.75 Å². The Morgan fingerprint density at radius 3 is 2.81 bits per heavy atom. The molecule has 2 heterocycles. The Morgan fingerprint density at radius 2 is 2.24 bits per heavy atom. The molecule has 0 fully saturated rings. The standard InChI is InChI=1S/C13H18N4O2S2/c1-8(2)12-15-16-13(21-7-11(18)19)17(12)5-4-10-6-20-9(3)14-10/h6,8H,4-5,7H2,1-3H3,(H,18,19). The van der Waals surface area contributed by atoms with E-state index in [-0.39, 0.29) is 11.7 Å². The number of carboxylic acids is 1. The van der Waals surface area contributed by atoms with Crippen molar-refractivity contribution in [1.29, 1.82) is 0 Å². The summed E-state index contributed by atoms with van der Waals surface area (Å²) in [6.07, 6.45) is 0.794. The fourth-order valence-electron chi connectivity index (χ4n) is 1.92. The van der Waals surface area contributed by atoms with Crippen LogP contribution in [-0.2, 0) is 17.8 Å². The normalized spacial score (nSPS) is 11.2. The maximum Gasteiger partial charge on any atom is 0.313 e. The van der Waals surface area contributed by atoms with Crippen molar-refractivity contribution >= 4 is 29.1 Å². The van der Waals surface area contributed by atoms with Crippen LogP contribution in [0.2, 0.25) is 0 Å². The molecule has 0 aliphatic rings. The van der Waals surface area contributed by atoms with Gasteiger partial charge in [0.25, 0.3) is 0 Å². The number of aromatic nitrogens is 4. The van der Waals surface area contributed by atoms with E-state index in [9.17, 15) is 4.79 Å². The highest BCUT2D eigenvalue weighted by Crippen LogP contribution is 2.22. The van der Waals surface area contributed by atoms with E-state index < -0.39 is 5.97 Å². The van der Waals surface area contributed by atoms with Gasteiger partial charge in [0.2, 0.25) is 0 Å². The molecule has 2 aromatic rings. The van der Waals surface area contributed by atoms with Gasteiger partial charge in [0.05, 0.1) is 16.5 Å². The van der Waals surface area contributed by atoms with Crippen LogP contribution in [-0.4, -0.2) is 36.6 Å². The van der Waals surface area contributed by atoms with Crippen LogP contribution in [0.15, 0.2) is 10.5 Å². The van der Waals surface area contributed by atoms with Gasteiger partial charge in [0.15, 0.2) is 5.16 Å². The Labute approximate surface area is 131 Å². The molecule has 21 heavy (non-hydrogen) atoms. The molecule has 0 bridgehead atoms. The monoisotopic (exact) mass is 326 g/mol. The summed E-state index contributed by atoms with van der Waals surface area (Å²) >= 11 is 2.84. The minimum absolute atomic E-state index is 0.00790. The summed E-state index contributed by atoms with van der Waals surface area (Å²) in [5.41, 5.74) is 1.05. The first-order chi connectivity index (χ1) is 9.97. The molecule has 0 unspecified atom stereocenters. The lowest BCUT2D eigenvalue weighted by Crippen LogP contribution is -2.10. The number of hydrogen-bond donors (Lipinski definition) is 1. The Bertz CT molecular complexity index is 621. The molecule has 0 aliphatic heterocycles. The van der Waals surface area contributed by atoms with Gasteiger partial charge in [-0.1, -0.05) is 25.6 Å². The topological polar surface area (TPSA) is 80.9 Å². The SMILES string of the molecule is Cc1nc(CCn2c(SCC(=O)O)nnc2C(C)C)cs1. The molecule has 0 saturated carbocycles.